The van der Waals surface area contributed by atoms with Crippen LogP contribution in [-0.4, -0.2) is 26.6 Å². The lowest BCUT2D eigenvalue weighted by molar-refractivity contribution is -0.122. The topological polar surface area (TPSA) is 66.5 Å². The molecular formula is C22H26Cl2N2O3S. The number of sulfonamides is 1. The average Bonchev–Trinajstić information content (AvgIpc) is 2.69. The Morgan fingerprint density at radius 3 is 2.37 bits per heavy atom. The monoisotopic (exact) mass is 468 g/mol. The number of fused-ring (bicyclic) bond motifs is 1. The number of nitrogens with zero attached hydrogens (tertiary/aromatic N) is 1. The van der Waals surface area contributed by atoms with Gasteiger partial charge in [-0.2, -0.15) is 0 Å². The molecule has 0 saturated carbocycles. The van der Waals surface area contributed by atoms with Gasteiger partial charge in [-0.05, 0) is 74.4 Å². The standard InChI is InChI=1S/C22H26Cl2N2O3S/c1-14(17-9-8-16-6-4-5-7-18(16)12-17)25-22(27)15(2)26(30(3,28)29)21-13-19(23)10-11-20(21)24/h8-15H,4-7H2,1-3H3,(H,25,27)/t14-,15+/m0/s1. The van der Waals surface area contributed by atoms with Crippen LogP contribution in [0.2, 0.25) is 10.0 Å². The van der Waals surface area contributed by atoms with Gasteiger partial charge in [-0.1, -0.05) is 41.4 Å². The molecule has 162 valence electrons. The van der Waals surface area contributed by atoms with Crippen molar-refractivity contribution in [2.45, 2.75) is 51.6 Å². The minimum Gasteiger partial charge on any atom is -0.348 e. The van der Waals surface area contributed by atoms with Gasteiger partial charge in [0.2, 0.25) is 15.9 Å². The van der Waals surface area contributed by atoms with Crippen LogP contribution in [-0.2, 0) is 27.7 Å². The summed E-state index contributed by atoms with van der Waals surface area (Å²) >= 11 is 12.3. The van der Waals surface area contributed by atoms with Gasteiger partial charge in [-0.3, -0.25) is 9.10 Å². The molecule has 0 spiro atoms. The second-order valence-electron chi connectivity index (χ2n) is 7.80. The van der Waals surface area contributed by atoms with E-state index in [9.17, 15) is 13.2 Å². The van der Waals surface area contributed by atoms with Gasteiger partial charge in [-0.15, -0.1) is 0 Å². The molecule has 3 rings (SSSR count). The number of carbonyl (C=O) groups excluding carboxylic acids is 1. The highest BCUT2D eigenvalue weighted by Gasteiger charge is 2.31. The summed E-state index contributed by atoms with van der Waals surface area (Å²) in [4.78, 5) is 13.0. The smallest absolute Gasteiger partial charge is 0.244 e. The molecule has 1 amide bonds. The zero-order valence-electron chi connectivity index (χ0n) is 17.3. The maximum absolute atomic E-state index is 13.0. The van der Waals surface area contributed by atoms with Gasteiger partial charge < -0.3 is 5.32 Å². The van der Waals surface area contributed by atoms with Crippen molar-refractivity contribution >= 4 is 44.8 Å². The Labute approximate surface area is 188 Å². The highest BCUT2D eigenvalue weighted by molar-refractivity contribution is 7.92. The molecule has 0 unspecified atom stereocenters. The number of rotatable bonds is 6. The van der Waals surface area contributed by atoms with E-state index in [2.05, 4.69) is 17.4 Å². The van der Waals surface area contributed by atoms with E-state index in [-0.39, 0.29) is 16.8 Å². The summed E-state index contributed by atoms with van der Waals surface area (Å²) in [6.45, 7) is 3.43. The number of anilines is 1. The van der Waals surface area contributed by atoms with Crippen molar-refractivity contribution in [2.75, 3.05) is 10.6 Å². The van der Waals surface area contributed by atoms with Crippen LogP contribution in [0.3, 0.4) is 0 Å². The lowest BCUT2D eigenvalue weighted by Gasteiger charge is -2.30. The molecule has 0 aromatic heterocycles. The van der Waals surface area contributed by atoms with E-state index in [1.807, 2.05) is 13.0 Å². The minimum atomic E-state index is -3.78. The number of amides is 1. The van der Waals surface area contributed by atoms with E-state index in [0.29, 0.717) is 5.02 Å². The minimum absolute atomic E-state index is 0.177. The second kappa shape index (κ2) is 9.16. The van der Waals surface area contributed by atoms with E-state index in [1.54, 1.807) is 6.07 Å². The molecule has 5 nitrogen and oxygen atoms in total. The molecule has 8 heteroatoms. The predicted octanol–water partition coefficient (Wildman–Crippen LogP) is 4.90. The summed E-state index contributed by atoms with van der Waals surface area (Å²) in [6.07, 6.45) is 5.58. The number of aryl methyl sites for hydroxylation is 2. The summed E-state index contributed by atoms with van der Waals surface area (Å²) in [7, 11) is -3.78. The summed E-state index contributed by atoms with van der Waals surface area (Å²) < 4.78 is 26.0. The van der Waals surface area contributed by atoms with Gasteiger partial charge in [0, 0.05) is 5.02 Å². The number of hydrogen-bond acceptors (Lipinski definition) is 3. The summed E-state index contributed by atoms with van der Waals surface area (Å²) in [5.74, 6) is -0.415. The fraction of sp³-hybridized carbons (Fsp3) is 0.409. The SMILES string of the molecule is C[C@H](NC(=O)[C@@H](C)N(c1cc(Cl)ccc1Cl)S(C)(=O)=O)c1ccc2c(c1)CCCC2. The third-order valence-electron chi connectivity index (χ3n) is 5.47. The van der Waals surface area contributed by atoms with Crippen molar-refractivity contribution in [1.29, 1.82) is 0 Å². The van der Waals surface area contributed by atoms with Gasteiger partial charge in [0.05, 0.1) is 23.0 Å². The normalized spacial score (nSPS) is 15.8. The van der Waals surface area contributed by atoms with Crippen molar-refractivity contribution in [3.63, 3.8) is 0 Å². The van der Waals surface area contributed by atoms with E-state index in [4.69, 9.17) is 23.2 Å². The lowest BCUT2D eigenvalue weighted by Crippen LogP contribution is -2.48. The molecule has 30 heavy (non-hydrogen) atoms. The van der Waals surface area contributed by atoms with Crippen LogP contribution in [0.25, 0.3) is 0 Å². The maximum Gasteiger partial charge on any atom is 0.244 e. The molecule has 0 radical (unpaired) electrons. The zero-order valence-corrected chi connectivity index (χ0v) is 19.6. The molecule has 0 bridgehead atoms. The van der Waals surface area contributed by atoms with Crippen LogP contribution in [0.4, 0.5) is 5.69 Å². The number of halogens is 2. The molecule has 1 N–H and O–H groups in total. The Morgan fingerprint density at radius 2 is 1.70 bits per heavy atom. The highest BCUT2D eigenvalue weighted by atomic mass is 35.5. The maximum atomic E-state index is 13.0. The van der Waals surface area contributed by atoms with E-state index in [0.717, 1.165) is 29.0 Å². The van der Waals surface area contributed by atoms with Crippen LogP contribution in [0.5, 0.6) is 0 Å². The molecule has 1 aliphatic carbocycles. The number of hydrogen-bond donors (Lipinski definition) is 1. The highest BCUT2D eigenvalue weighted by Crippen LogP contribution is 2.32. The molecule has 0 fully saturated rings. The van der Waals surface area contributed by atoms with Gasteiger partial charge in [0.1, 0.15) is 6.04 Å². The Balaban J connectivity index is 1.83. The molecule has 0 aliphatic heterocycles. The van der Waals surface area contributed by atoms with Crippen molar-refractivity contribution in [3.8, 4) is 0 Å². The van der Waals surface area contributed by atoms with Crippen LogP contribution >= 0.6 is 23.2 Å². The predicted molar refractivity (Wildman–Crippen MR) is 123 cm³/mol. The first-order valence-corrected chi connectivity index (χ1v) is 12.5. The van der Waals surface area contributed by atoms with E-state index < -0.39 is 22.0 Å². The molecule has 0 saturated heterocycles. The van der Waals surface area contributed by atoms with Gasteiger partial charge >= 0.3 is 0 Å². The number of nitrogens with one attached hydrogen (secondary N) is 1. The summed E-state index contributed by atoms with van der Waals surface area (Å²) in [5, 5.41) is 3.47. The summed E-state index contributed by atoms with van der Waals surface area (Å²) in [5.41, 5.74) is 3.88. The van der Waals surface area contributed by atoms with Crippen LogP contribution < -0.4 is 9.62 Å². The van der Waals surface area contributed by atoms with Gasteiger partial charge in [-0.25, -0.2) is 8.42 Å². The third kappa shape index (κ3) is 5.10. The van der Waals surface area contributed by atoms with E-state index >= 15 is 0 Å². The molecule has 2 aromatic rings. The van der Waals surface area contributed by atoms with Crippen molar-refractivity contribution in [2.24, 2.45) is 0 Å². The second-order valence-corrected chi connectivity index (χ2v) is 10.5. The molecule has 0 heterocycles. The van der Waals surface area contributed by atoms with Crippen molar-refractivity contribution < 1.29 is 13.2 Å². The molecule has 2 atom stereocenters. The molecule has 1 aliphatic rings. The zero-order chi connectivity index (χ0) is 22.1. The van der Waals surface area contributed by atoms with E-state index in [1.165, 1.54) is 43.0 Å². The Kier molecular flexibility index (Phi) is 7.00. The van der Waals surface area contributed by atoms with Crippen LogP contribution in [0.15, 0.2) is 36.4 Å². The quantitative estimate of drug-likeness (QED) is 0.654. The van der Waals surface area contributed by atoms with Crippen LogP contribution in [0.1, 0.15) is 49.4 Å². The first-order chi connectivity index (χ1) is 14.1. The van der Waals surface area contributed by atoms with Crippen molar-refractivity contribution in [3.05, 3.63) is 63.1 Å². The third-order valence-corrected chi connectivity index (χ3v) is 7.25. The first-order valence-electron chi connectivity index (χ1n) is 9.94. The Morgan fingerprint density at radius 1 is 1.03 bits per heavy atom. The Bertz CT molecular complexity index is 1060. The first kappa shape index (κ1) is 22.9. The van der Waals surface area contributed by atoms with Gasteiger partial charge in [0.25, 0.3) is 0 Å². The number of carbonyl (C=O) groups is 1. The molecular weight excluding hydrogens is 443 g/mol. The van der Waals surface area contributed by atoms with Crippen molar-refractivity contribution in [1.82, 2.24) is 5.32 Å². The Hall–Kier alpha value is -1.76. The van der Waals surface area contributed by atoms with Crippen LogP contribution in [0, 0.1) is 0 Å². The average molecular weight is 469 g/mol. The molecule has 2 aromatic carbocycles. The lowest BCUT2D eigenvalue weighted by atomic mass is 9.89. The number of benzene rings is 2. The summed E-state index contributed by atoms with van der Waals surface area (Å²) in [6, 6.07) is 9.56. The fourth-order valence-electron chi connectivity index (χ4n) is 3.88. The van der Waals surface area contributed by atoms with Gasteiger partial charge in [0.15, 0.2) is 0 Å². The fourth-order valence-corrected chi connectivity index (χ4v) is 5.48. The largest absolute Gasteiger partial charge is 0.348 e.